The zero-order valence-corrected chi connectivity index (χ0v) is 11.1. The Morgan fingerprint density at radius 1 is 1.33 bits per heavy atom. The van der Waals surface area contributed by atoms with E-state index in [2.05, 4.69) is 28.4 Å². The number of nitrogens with one attached hydrogen (secondary N) is 1. The maximum absolute atomic E-state index is 5.32. The molecule has 18 heavy (non-hydrogen) atoms. The molecule has 0 aromatic heterocycles. The lowest BCUT2D eigenvalue weighted by molar-refractivity contribution is 0.287. The van der Waals surface area contributed by atoms with Gasteiger partial charge in [0.15, 0.2) is 0 Å². The predicted octanol–water partition coefficient (Wildman–Crippen LogP) is 1.98. The van der Waals surface area contributed by atoms with E-state index >= 15 is 0 Å². The van der Waals surface area contributed by atoms with Gasteiger partial charge in [0, 0.05) is 12.6 Å². The van der Waals surface area contributed by atoms with Crippen molar-refractivity contribution in [1.29, 1.82) is 0 Å². The summed E-state index contributed by atoms with van der Waals surface area (Å²) in [7, 11) is 1.74. The van der Waals surface area contributed by atoms with Crippen LogP contribution >= 0.6 is 0 Å². The van der Waals surface area contributed by atoms with E-state index in [1.165, 1.54) is 37.1 Å². The molecule has 1 unspecified atom stereocenters. The van der Waals surface area contributed by atoms with E-state index in [-0.39, 0.29) is 0 Å². The molecular formula is C15H22N2O. The number of hydrogen-bond acceptors (Lipinski definition) is 3. The molecule has 2 aliphatic rings. The normalized spacial score (nSPS) is 23.9. The highest BCUT2D eigenvalue weighted by molar-refractivity contribution is 5.39. The van der Waals surface area contributed by atoms with Gasteiger partial charge in [-0.3, -0.25) is 0 Å². The lowest BCUT2D eigenvalue weighted by atomic mass is 9.94. The lowest BCUT2D eigenvalue weighted by Gasteiger charge is -2.30. The molecule has 1 fully saturated rings. The standard InChI is InChI=1S/C15H22N2O/c1-18-13-4-5-14-12(10-13)6-7-16-15(14)11-17-8-2-3-9-17/h4-5,10,15-16H,2-3,6-9,11H2,1H3. The number of methoxy groups -OCH3 is 1. The van der Waals surface area contributed by atoms with E-state index in [4.69, 9.17) is 4.74 Å². The average Bonchev–Trinajstić information content (AvgIpc) is 2.91. The number of likely N-dealkylation sites (tertiary alicyclic amines) is 1. The van der Waals surface area contributed by atoms with E-state index < -0.39 is 0 Å². The summed E-state index contributed by atoms with van der Waals surface area (Å²) in [6.45, 7) is 4.77. The van der Waals surface area contributed by atoms with Gasteiger partial charge in [-0.2, -0.15) is 0 Å². The van der Waals surface area contributed by atoms with Gasteiger partial charge in [0.05, 0.1) is 7.11 Å². The van der Waals surface area contributed by atoms with Gasteiger partial charge in [0.1, 0.15) is 5.75 Å². The van der Waals surface area contributed by atoms with Crippen LogP contribution in [0.4, 0.5) is 0 Å². The van der Waals surface area contributed by atoms with E-state index in [1.54, 1.807) is 7.11 Å². The summed E-state index contributed by atoms with van der Waals surface area (Å²) >= 11 is 0. The summed E-state index contributed by atoms with van der Waals surface area (Å²) < 4.78 is 5.32. The second-order valence-electron chi connectivity index (χ2n) is 5.33. The number of benzene rings is 1. The summed E-state index contributed by atoms with van der Waals surface area (Å²) in [6.07, 6.45) is 3.84. The van der Waals surface area contributed by atoms with E-state index in [9.17, 15) is 0 Å². The summed E-state index contributed by atoms with van der Waals surface area (Å²) in [5.41, 5.74) is 2.92. The average molecular weight is 246 g/mol. The lowest BCUT2D eigenvalue weighted by Crippen LogP contribution is -2.38. The van der Waals surface area contributed by atoms with Crippen molar-refractivity contribution in [1.82, 2.24) is 10.2 Å². The second-order valence-corrected chi connectivity index (χ2v) is 5.33. The van der Waals surface area contributed by atoms with Gasteiger partial charge >= 0.3 is 0 Å². The van der Waals surface area contributed by atoms with Crippen LogP contribution in [0.1, 0.15) is 30.0 Å². The van der Waals surface area contributed by atoms with Crippen molar-refractivity contribution in [2.24, 2.45) is 0 Å². The van der Waals surface area contributed by atoms with E-state index in [1.807, 2.05) is 0 Å². The number of hydrogen-bond donors (Lipinski definition) is 1. The van der Waals surface area contributed by atoms with Gasteiger partial charge in [-0.1, -0.05) is 6.07 Å². The minimum atomic E-state index is 0.498. The molecule has 98 valence electrons. The van der Waals surface area contributed by atoms with Gasteiger partial charge in [0.25, 0.3) is 0 Å². The summed E-state index contributed by atoms with van der Waals surface area (Å²) in [5.74, 6) is 0.982. The highest BCUT2D eigenvalue weighted by Gasteiger charge is 2.23. The van der Waals surface area contributed by atoms with Gasteiger partial charge in [0.2, 0.25) is 0 Å². The van der Waals surface area contributed by atoms with Crippen LogP contribution in [0, 0.1) is 0 Å². The third kappa shape index (κ3) is 2.38. The highest BCUT2D eigenvalue weighted by atomic mass is 16.5. The first-order valence-electron chi connectivity index (χ1n) is 6.99. The topological polar surface area (TPSA) is 24.5 Å². The third-order valence-electron chi connectivity index (χ3n) is 4.15. The Morgan fingerprint density at radius 2 is 2.17 bits per heavy atom. The fraction of sp³-hybridized carbons (Fsp3) is 0.600. The zero-order valence-electron chi connectivity index (χ0n) is 11.1. The van der Waals surface area contributed by atoms with Crippen molar-refractivity contribution in [2.45, 2.75) is 25.3 Å². The maximum atomic E-state index is 5.32. The SMILES string of the molecule is COc1ccc2c(c1)CCNC2CN1CCCC1. The van der Waals surface area contributed by atoms with Crippen molar-refractivity contribution in [3.8, 4) is 5.75 Å². The minimum Gasteiger partial charge on any atom is -0.497 e. The second kappa shape index (κ2) is 5.29. The van der Waals surface area contributed by atoms with Crippen LogP contribution < -0.4 is 10.1 Å². The zero-order chi connectivity index (χ0) is 12.4. The van der Waals surface area contributed by atoms with Crippen LogP contribution in [0.15, 0.2) is 18.2 Å². The monoisotopic (exact) mass is 246 g/mol. The van der Waals surface area contributed by atoms with Gasteiger partial charge < -0.3 is 15.0 Å². The summed E-state index contributed by atoms with van der Waals surface area (Å²) in [4.78, 5) is 2.58. The Morgan fingerprint density at radius 3 is 2.94 bits per heavy atom. The molecular weight excluding hydrogens is 224 g/mol. The van der Waals surface area contributed by atoms with Crippen LogP contribution in [0.5, 0.6) is 5.75 Å². The first kappa shape index (κ1) is 12.0. The molecule has 0 spiro atoms. The molecule has 1 aromatic rings. The van der Waals surface area contributed by atoms with Crippen LogP contribution in [-0.2, 0) is 6.42 Å². The molecule has 3 heteroatoms. The molecule has 1 aromatic carbocycles. The highest BCUT2D eigenvalue weighted by Crippen LogP contribution is 2.28. The van der Waals surface area contributed by atoms with Crippen LogP contribution in [0.3, 0.4) is 0 Å². The van der Waals surface area contributed by atoms with Crippen molar-refractivity contribution >= 4 is 0 Å². The van der Waals surface area contributed by atoms with E-state index in [0.717, 1.165) is 25.3 Å². The van der Waals surface area contributed by atoms with Crippen molar-refractivity contribution in [2.75, 3.05) is 33.3 Å². The molecule has 2 heterocycles. The van der Waals surface area contributed by atoms with Crippen LogP contribution in [0.2, 0.25) is 0 Å². The number of fused-ring (bicyclic) bond motifs is 1. The summed E-state index contributed by atoms with van der Waals surface area (Å²) in [5, 5.41) is 3.66. The van der Waals surface area contributed by atoms with Crippen molar-refractivity contribution < 1.29 is 4.74 Å². The molecule has 1 atom stereocenters. The smallest absolute Gasteiger partial charge is 0.119 e. The Hall–Kier alpha value is -1.06. The van der Waals surface area contributed by atoms with Gasteiger partial charge in [-0.25, -0.2) is 0 Å². The molecule has 0 radical (unpaired) electrons. The molecule has 0 saturated carbocycles. The molecule has 2 aliphatic heterocycles. The van der Waals surface area contributed by atoms with Crippen molar-refractivity contribution in [3.05, 3.63) is 29.3 Å². The number of nitrogens with zero attached hydrogens (tertiary/aromatic N) is 1. The van der Waals surface area contributed by atoms with Crippen LogP contribution in [0.25, 0.3) is 0 Å². The van der Waals surface area contributed by atoms with Crippen molar-refractivity contribution in [3.63, 3.8) is 0 Å². The Balaban J connectivity index is 1.78. The summed E-state index contributed by atoms with van der Waals surface area (Å²) in [6, 6.07) is 7.02. The molecule has 0 bridgehead atoms. The Labute approximate surface area is 109 Å². The first-order valence-corrected chi connectivity index (χ1v) is 6.99. The molecule has 0 aliphatic carbocycles. The Kier molecular flexibility index (Phi) is 3.52. The maximum Gasteiger partial charge on any atom is 0.119 e. The molecule has 3 rings (SSSR count). The third-order valence-corrected chi connectivity index (χ3v) is 4.15. The van der Waals surface area contributed by atoms with Gasteiger partial charge in [-0.05, 0) is 62.2 Å². The van der Waals surface area contributed by atoms with Gasteiger partial charge in [-0.15, -0.1) is 0 Å². The Bertz CT molecular complexity index is 413. The first-order chi connectivity index (χ1) is 8.86. The molecule has 1 N–H and O–H groups in total. The fourth-order valence-electron chi connectivity index (χ4n) is 3.14. The minimum absolute atomic E-state index is 0.498. The molecule has 3 nitrogen and oxygen atoms in total. The quantitative estimate of drug-likeness (QED) is 0.882. The fourth-order valence-corrected chi connectivity index (χ4v) is 3.14. The predicted molar refractivity (Wildman–Crippen MR) is 73.1 cm³/mol. The van der Waals surface area contributed by atoms with Crippen LogP contribution in [-0.4, -0.2) is 38.2 Å². The number of ether oxygens (including phenoxy) is 1. The molecule has 0 amide bonds. The molecule has 1 saturated heterocycles. The van der Waals surface area contributed by atoms with E-state index in [0.29, 0.717) is 6.04 Å². The number of rotatable bonds is 3. The largest absolute Gasteiger partial charge is 0.497 e.